The Morgan fingerprint density at radius 1 is 1.05 bits per heavy atom. The van der Waals surface area contributed by atoms with Crippen molar-refractivity contribution < 1.29 is 33.8 Å². The summed E-state index contributed by atoms with van der Waals surface area (Å²) < 4.78 is 5.45. The number of phenols is 1. The van der Waals surface area contributed by atoms with Crippen molar-refractivity contribution in [1.29, 1.82) is 0 Å². The molecule has 1 heterocycles. The van der Waals surface area contributed by atoms with Crippen molar-refractivity contribution in [3.8, 4) is 5.75 Å². The van der Waals surface area contributed by atoms with Crippen LogP contribution in [0.15, 0.2) is 30.3 Å². The number of hydrogen-bond acceptors (Lipinski definition) is 7. The molecule has 11 heteroatoms. The molecule has 2 rings (SSSR count). The molecule has 202 valence electrons. The lowest BCUT2D eigenvalue weighted by Gasteiger charge is -2.29. The summed E-state index contributed by atoms with van der Waals surface area (Å²) in [5.74, 6) is -3.65. The van der Waals surface area contributed by atoms with Crippen LogP contribution in [-0.4, -0.2) is 65.5 Å². The van der Waals surface area contributed by atoms with Gasteiger partial charge in [-0.3, -0.25) is 24.0 Å². The highest BCUT2D eigenvalue weighted by Crippen LogP contribution is 2.12. The molecule has 0 saturated carbocycles. The highest BCUT2D eigenvalue weighted by molar-refractivity contribution is 5.97. The largest absolute Gasteiger partial charge is 0.508 e. The lowest BCUT2D eigenvalue weighted by Crippen LogP contribution is -2.59. The molecule has 0 spiro atoms. The number of ether oxygens (including phenoxy) is 1. The van der Waals surface area contributed by atoms with Crippen molar-refractivity contribution in [3.05, 3.63) is 35.9 Å². The lowest BCUT2D eigenvalue weighted by atomic mass is 10.0. The number of carbonyl (C=O) groups is 5. The van der Waals surface area contributed by atoms with Crippen LogP contribution in [0.4, 0.5) is 0 Å². The average Bonchev–Trinajstić information content (AvgIpc) is 2.83. The minimum Gasteiger partial charge on any atom is -0.508 e. The Balaban J connectivity index is 2.30. The Kier molecular flexibility index (Phi) is 10.6. The number of hydrogen-bond donors (Lipinski definition) is 5. The molecule has 1 aliphatic rings. The van der Waals surface area contributed by atoms with Crippen LogP contribution in [-0.2, 0) is 28.7 Å². The predicted molar refractivity (Wildman–Crippen MR) is 136 cm³/mol. The van der Waals surface area contributed by atoms with Crippen molar-refractivity contribution >= 4 is 35.7 Å². The maximum absolute atomic E-state index is 13.3. The second kappa shape index (κ2) is 13.4. The average molecular weight is 517 g/mol. The predicted octanol–water partition coefficient (Wildman–Crippen LogP) is 0.623. The van der Waals surface area contributed by atoms with Crippen LogP contribution < -0.4 is 21.3 Å². The van der Waals surface area contributed by atoms with E-state index in [4.69, 9.17) is 4.74 Å². The second-order valence-corrected chi connectivity index (χ2v) is 9.62. The Morgan fingerprint density at radius 2 is 1.70 bits per heavy atom. The van der Waals surface area contributed by atoms with E-state index < -0.39 is 59.7 Å². The summed E-state index contributed by atoms with van der Waals surface area (Å²) in [5, 5.41) is 19.8. The van der Waals surface area contributed by atoms with Crippen LogP contribution in [0.1, 0.15) is 46.6 Å². The number of aromatic hydroxyl groups is 1. The molecule has 1 aromatic carbocycles. The van der Waals surface area contributed by atoms with Crippen LogP contribution in [0.25, 0.3) is 6.08 Å². The number of benzene rings is 1. The lowest BCUT2D eigenvalue weighted by molar-refractivity contribution is -0.156. The third-order valence-corrected chi connectivity index (χ3v) is 5.75. The summed E-state index contributed by atoms with van der Waals surface area (Å²) in [4.78, 5) is 63.8. The fraction of sp³-hybridized carbons (Fsp3) is 0.500. The third kappa shape index (κ3) is 9.25. The summed E-state index contributed by atoms with van der Waals surface area (Å²) in [5.41, 5.74) is 0.640. The SMILES string of the molecule is CC(C)CC1NC(=O)C(NC(=O)C=Cc2ccc(O)cc2)C(C)OC(=O)C(C)CNC(=O)C(C)NC1=O. The molecule has 1 saturated heterocycles. The molecule has 11 nitrogen and oxygen atoms in total. The standard InChI is InChI=1S/C26H36N4O7/c1-14(2)12-20-24(34)28-16(4)23(33)27-13-15(3)26(36)37-17(5)22(25(35)29-20)30-21(32)11-8-18-6-9-19(31)10-7-18/h6-11,14-17,20,22,31H,12-13H2,1-5H3,(H,27,33)(H,28,34)(H,29,35)(H,30,32). The van der Waals surface area contributed by atoms with Crippen molar-refractivity contribution in [2.24, 2.45) is 11.8 Å². The molecule has 0 radical (unpaired) electrons. The summed E-state index contributed by atoms with van der Waals surface area (Å²) in [6.07, 6.45) is 1.89. The molecular formula is C26H36N4O7. The van der Waals surface area contributed by atoms with Gasteiger partial charge in [-0.15, -0.1) is 0 Å². The minimum atomic E-state index is -1.30. The first-order chi connectivity index (χ1) is 17.4. The molecule has 4 amide bonds. The van der Waals surface area contributed by atoms with Crippen molar-refractivity contribution in [1.82, 2.24) is 21.3 Å². The number of phenolic OH excluding ortho intramolecular Hbond substituents is 1. The molecule has 0 bridgehead atoms. The van der Waals surface area contributed by atoms with Gasteiger partial charge in [0.1, 0.15) is 30.0 Å². The Bertz CT molecular complexity index is 1020. The summed E-state index contributed by atoms with van der Waals surface area (Å²) in [6, 6.07) is 2.96. The first-order valence-electron chi connectivity index (χ1n) is 12.2. The molecule has 5 atom stereocenters. The molecule has 1 aromatic rings. The van der Waals surface area contributed by atoms with E-state index >= 15 is 0 Å². The molecule has 1 fully saturated rings. The molecule has 1 aliphatic heterocycles. The van der Waals surface area contributed by atoms with Gasteiger partial charge in [0.05, 0.1) is 5.92 Å². The molecule has 5 N–H and O–H groups in total. The molecule has 0 aliphatic carbocycles. The number of rotatable bonds is 5. The van der Waals surface area contributed by atoms with Crippen molar-refractivity contribution in [2.45, 2.75) is 65.3 Å². The molecular weight excluding hydrogens is 480 g/mol. The van der Waals surface area contributed by atoms with Crippen LogP contribution in [0.3, 0.4) is 0 Å². The second-order valence-electron chi connectivity index (χ2n) is 9.62. The summed E-state index contributed by atoms with van der Waals surface area (Å²) in [6.45, 7) is 8.24. The van der Waals surface area contributed by atoms with Gasteiger partial charge in [-0.05, 0) is 50.0 Å². The zero-order valence-corrected chi connectivity index (χ0v) is 21.7. The molecule has 37 heavy (non-hydrogen) atoms. The maximum Gasteiger partial charge on any atom is 0.310 e. The van der Waals surface area contributed by atoms with Gasteiger partial charge >= 0.3 is 5.97 Å². The fourth-order valence-electron chi connectivity index (χ4n) is 3.56. The summed E-state index contributed by atoms with van der Waals surface area (Å²) >= 11 is 0. The quantitative estimate of drug-likeness (QED) is 0.283. The van der Waals surface area contributed by atoms with E-state index in [0.717, 1.165) is 0 Å². The van der Waals surface area contributed by atoms with Gasteiger partial charge in [-0.1, -0.05) is 32.9 Å². The first-order valence-corrected chi connectivity index (χ1v) is 12.2. The summed E-state index contributed by atoms with van der Waals surface area (Å²) in [7, 11) is 0. The minimum absolute atomic E-state index is 0.0245. The van der Waals surface area contributed by atoms with E-state index in [9.17, 15) is 29.1 Å². The van der Waals surface area contributed by atoms with Crippen LogP contribution in [0.5, 0.6) is 5.75 Å². The smallest absolute Gasteiger partial charge is 0.310 e. The van der Waals surface area contributed by atoms with Gasteiger partial charge in [0.15, 0.2) is 0 Å². The van der Waals surface area contributed by atoms with E-state index in [1.54, 1.807) is 19.1 Å². The molecule has 5 unspecified atom stereocenters. The van der Waals surface area contributed by atoms with Crippen LogP contribution in [0, 0.1) is 11.8 Å². The third-order valence-electron chi connectivity index (χ3n) is 5.75. The van der Waals surface area contributed by atoms with Gasteiger partial charge in [0.25, 0.3) is 0 Å². The van der Waals surface area contributed by atoms with Crippen LogP contribution in [0.2, 0.25) is 0 Å². The first kappa shape index (κ1) is 29.3. The Morgan fingerprint density at radius 3 is 2.32 bits per heavy atom. The van der Waals surface area contributed by atoms with Gasteiger partial charge in [0.2, 0.25) is 23.6 Å². The van der Waals surface area contributed by atoms with Crippen molar-refractivity contribution in [3.63, 3.8) is 0 Å². The monoisotopic (exact) mass is 516 g/mol. The van der Waals surface area contributed by atoms with E-state index in [2.05, 4.69) is 21.3 Å². The maximum atomic E-state index is 13.3. The highest BCUT2D eigenvalue weighted by atomic mass is 16.5. The van der Waals surface area contributed by atoms with Gasteiger partial charge in [-0.25, -0.2) is 0 Å². The number of nitrogens with one attached hydrogen (secondary N) is 4. The van der Waals surface area contributed by atoms with E-state index in [-0.39, 0.29) is 24.6 Å². The van der Waals surface area contributed by atoms with E-state index in [0.29, 0.717) is 5.56 Å². The van der Waals surface area contributed by atoms with Crippen molar-refractivity contribution in [2.75, 3.05) is 6.54 Å². The topological polar surface area (TPSA) is 163 Å². The van der Waals surface area contributed by atoms with Crippen LogP contribution >= 0.6 is 0 Å². The fourth-order valence-corrected chi connectivity index (χ4v) is 3.56. The number of carbonyl (C=O) groups excluding carboxylic acids is 5. The Hall–Kier alpha value is -3.89. The van der Waals surface area contributed by atoms with E-state index in [1.165, 1.54) is 38.1 Å². The van der Waals surface area contributed by atoms with Gasteiger partial charge in [0, 0.05) is 12.6 Å². The Labute approximate surface area is 216 Å². The van der Waals surface area contributed by atoms with E-state index in [1.807, 2.05) is 13.8 Å². The van der Waals surface area contributed by atoms with Gasteiger partial charge in [-0.2, -0.15) is 0 Å². The highest BCUT2D eigenvalue weighted by Gasteiger charge is 2.34. The number of esters is 1. The normalized spacial score (nSPS) is 26.1. The number of cyclic esters (lactones) is 1. The number of amides is 4. The molecule has 0 aromatic heterocycles. The van der Waals surface area contributed by atoms with Gasteiger partial charge < -0.3 is 31.1 Å². The zero-order valence-electron chi connectivity index (χ0n) is 21.7. The zero-order chi connectivity index (χ0) is 27.7.